The third-order valence-electron chi connectivity index (χ3n) is 4.97. The van der Waals surface area contributed by atoms with Crippen LogP contribution in [0.5, 0.6) is 0 Å². The summed E-state index contributed by atoms with van der Waals surface area (Å²) in [5.74, 6) is 0.283. The molecule has 0 bridgehead atoms. The summed E-state index contributed by atoms with van der Waals surface area (Å²) in [6, 6.07) is 5.70. The zero-order chi connectivity index (χ0) is 21.0. The van der Waals surface area contributed by atoms with Crippen LogP contribution < -0.4 is 10.2 Å². The maximum atomic E-state index is 12.6. The van der Waals surface area contributed by atoms with E-state index >= 15 is 0 Å². The molecule has 2 heterocycles. The maximum Gasteiger partial charge on any atom is 0.234 e. The Morgan fingerprint density at radius 2 is 2.00 bits per heavy atom. The van der Waals surface area contributed by atoms with Crippen molar-refractivity contribution in [3.8, 4) is 0 Å². The number of thiazole rings is 1. The van der Waals surface area contributed by atoms with Gasteiger partial charge in [0.2, 0.25) is 5.91 Å². The number of amides is 1. The molecule has 29 heavy (non-hydrogen) atoms. The number of anilines is 2. The number of likely N-dealkylation sites (N-methyl/N-ethyl adjacent to an activating group) is 1. The Bertz CT molecular complexity index is 841. The summed E-state index contributed by atoms with van der Waals surface area (Å²) in [4.78, 5) is 21.9. The van der Waals surface area contributed by atoms with Crippen molar-refractivity contribution in [2.24, 2.45) is 0 Å². The number of nitrogens with one attached hydrogen (secondary N) is 1. The van der Waals surface area contributed by atoms with Crippen LogP contribution in [0.4, 0.5) is 11.4 Å². The zero-order valence-electron chi connectivity index (χ0n) is 17.5. The van der Waals surface area contributed by atoms with Crippen LogP contribution >= 0.6 is 34.7 Å². The summed E-state index contributed by atoms with van der Waals surface area (Å²) < 4.78 is 0.923. The molecule has 0 aliphatic carbocycles. The molecule has 0 saturated carbocycles. The number of nitrogens with zero attached hydrogens (tertiary/aromatic N) is 3. The normalized spacial score (nSPS) is 15.6. The Balaban J connectivity index is 1.63. The number of hydrogen-bond donors (Lipinski definition) is 1. The van der Waals surface area contributed by atoms with Gasteiger partial charge < -0.3 is 15.1 Å². The van der Waals surface area contributed by atoms with E-state index in [0.717, 1.165) is 54.1 Å². The van der Waals surface area contributed by atoms with Crippen molar-refractivity contribution in [3.05, 3.63) is 34.3 Å². The summed E-state index contributed by atoms with van der Waals surface area (Å²) >= 11 is 9.58. The average molecular weight is 453 g/mol. The number of para-hydroxylation sites is 1. The standard InChI is InChI=1S/C21H29ClN4OS2/c1-5-25-9-11-26(12-10-25)19-15(22)7-6-8-16(19)23-18(27)14-29-20-24-17(13-28-20)21(2,3)4/h6-8,13H,5,9-12,14H2,1-4H3,(H,23,27). The molecule has 1 N–H and O–H groups in total. The number of hydrogen-bond acceptors (Lipinski definition) is 6. The quantitative estimate of drug-likeness (QED) is 0.627. The van der Waals surface area contributed by atoms with E-state index in [1.54, 1.807) is 11.3 Å². The minimum Gasteiger partial charge on any atom is -0.366 e. The number of rotatable bonds is 6. The van der Waals surface area contributed by atoms with Crippen LogP contribution in [0.25, 0.3) is 0 Å². The number of carbonyl (C=O) groups excluding carboxylic acids is 1. The van der Waals surface area contributed by atoms with Crippen molar-refractivity contribution in [1.82, 2.24) is 9.88 Å². The maximum absolute atomic E-state index is 12.6. The summed E-state index contributed by atoms with van der Waals surface area (Å²) in [5, 5.41) is 5.81. The minimum atomic E-state index is -0.0433. The van der Waals surface area contributed by atoms with Crippen molar-refractivity contribution in [3.63, 3.8) is 0 Å². The molecule has 158 valence electrons. The number of thioether (sulfide) groups is 1. The second-order valence-electron chi connectivity index (χ2n) is 8.14. The van der Waals surface area contributed by atoms with Crippen LogP contribution in [0.15, 0.2) is 27.9 Å². The van der Waals surface area contributed by atoms with Gasteiger partial charge in [0.15, 0.2) is 4.34 Å². The minimum absolute atomic E-state index is 0.0229. The Hall–Kier alpha value is -1.28. The van der Waals surface area contributed by atoms with E-state index in [1.165, 1.54) is 11.8 Å². The highest BCUT2D eigenvalue weighted by atomic mass is 35.5. The van der Waals surface area contributed by atoms with Gasteiger partial charge in [-0.2, -0.15) is 0 Å². The van der Waals surface area contributed by atoms with E-state index in [2.05, 4.69) is 53.2 Å². The first-order valence-electron chi connectivity index (χ1n) is 9.92. The molecule has 8 heteroatoms. The largest absolute Gasteiger partial charge is 0.366 e. The van der Waals surface area contributed by atoms with Crippen molar-refractivity contribution in [2.45, 2.75) is 37.4 Å². The SMILES string of the molecule is CCN1CCN(c2c(Cl)cccc2NC(=O)CSc2nc(C(C)(C)C)cs2)CC1. The van der Waals surface area contributed by atoms with Gasteiger partial charge in [0, 0.05) is 37.0 Å². The van der Waals surface area contributed by atoms with Gasteiger partial charge in [-0.05, 0) is 18.7 Å². The summed E-state index contributed by atoms with van der Waals surface area (Å²) in [6.45, 7) is 13.5. The van der Waals surface area contributed by atoms with Crippen molar-refractivity contribution < 1.29 is 4.79 Å². The lowest BCUT2D eigenvalue weighted by molar-refractivity contribution is -0.113. The van der Waals surface area contributed by atoms with Crippen LogP contribution in [-0.2, 0) is 10.2 Å². The molecule has 0 radical (unpaired) electrons. The number of benzene rings is 1. The third kappa shape index (κ3) is 5.87. The van der Waals surface area contributed by atoms with Gasteiger partial charge in [0.1, 0.15) is 0 Å². The first-order chi connectivity index (χ1) is 13.8. The summed E-state index contributed by atoms with van der Waals surface area (Å²) in [5.41, 5.74) is 2.79. The summed E-state index contributed by atoms with van der Waals surface area (Å²) in [7, 11) is 0. The zero-order valence-corrected chi connectivity index (χ0v) is 19.9. The first-order valence-corrected chi connectivity index (χ1v) is 12.2. The Labute approximate surface area is 186 Å². The van der Waals surface area contributed by atoms with Crippen LogP contribution in [0.2, 0.25) is 5.02 Å². The molecule has 1 aliphatic rings. The van der Waals surface area contributed by atoms with Gasteiger partial charge in [0.05, 0.1) is 27.8 Å². The molecule has 0 spiro atoms. The predicted molar refractivity (Wildman–Crippen MR) is 126 cm³/mol. The molecule has 1 aliphatic heterocycles. The highest BCUT2D eigenvalue weighted by Crippen LogP contribution is 2.35. The molecule has 0 unspecified atom stereocenters. The Morgan fingerprint density at radius 1 is 1.28 bits per heavy atom. The van der Waals surface area contributed by atoms with E-state index < -0.39 is 0 Å². The molecular weight excluding hydrogens is 424 g/mol. The van der Waals surface area contributed by atoms with Gasteiger partial charge in [0.25, 0.3) is 0 Å². The molecule has 1 fully saturated rings. The lowest BCUT2D eigenvalue weighted by Gasteiger charge is -2.36. The van der Waals surface area contributed by atoms with E-state index in [1.807, 2.05) is 18.2 Å². The second kappa shape index (κ2) is 9.69. The van der Waals surface area contributed by atoms with Gasteiger partial charge in [-0.1, -0.05) is 57.1 Å². The fourth-order valence-electron chi connectivity index (χ4n) is 3.21. The van der Waals surface area contributed by atoms with Crippen molar-refractivity contribution in [2.75, 3.05) is 48.7 Å². The van der Waals surface area contributed by atoms with E-state index in [9.17, 15) is 4.79 Å². The average Bonchev–Trinajstić information content (AvgIpc) is 3.16. The molecular formula is C21H29ClN4OS2. The highest BCUT2D eigenvalue weighted by Gasteiger charge is 2.22. The van der Waals surface area contributed by atoms with E-state index in [4.69, 9.17) is 11.6 Å². The number of aromatic nitrogens is 1. The molecule has 1 aromatic carbocycles. The van der Waals surface area contributed by atoms with Gasteiger partial charge >= 0.3 is 0 Å². The Kier molecular flexibility index (Phi) is 7.48. The topological polar surface area (TPSA) is 48.5 Å². The molecule has 5 nitrogen and oxygen atoms in total. The van der Waals surface area contributed by atoms with Crippen LogP contribution in [0.3, 0.4) is 0 Å². The lowest BCUT2D eigenvalue weighted by atomic mass is 9.93. The van der Waals surface area contributed by atoms with Crippen LogP contribution in [0.1, 0.15) is 33.4 Å². The van der Waals surface area contributed by atoms with Crippen molar-refractivity contribution >= 4 is 52.0 Å². The van der Waals surface area contributed by atoms with Crippen LogP contribution in [-0.4, -0.2) is 54.3 Å². The molecule has 0 atom stereocenters. The first kappa shape index (κ1) is 22.4. The fraction of sp³-hybridized carbons (Fsp3) is 0.524. The second-order valence-corrected chi connectivity index (χ2v) is 10.6. The smallest absolute Gasteiger partial charge is 0.234 e. The molecule has 1 aromatic heterocycles. The Morgan fingerprint density at radius 3 is 2.62 bits per heavy atom. The number of piperazine rings is 1. The van der Waals surface area contributed by atoms with E-state index in [0.29, 0.717) is 10.8 Å². The lowest BCUT2D eigenvalue weighted by Crippen LogP contribution is -2.46. The fourth-order valence-corrected chi connectivity index (χ4v) is 5.35. The van der Waals surface area contributed by atoms with Gasteiger partial charge in [-0.25, -0.2) is 4.98 Å². The summed E-state index contributed by atoms with van der Waals surface area (Å²) in [6.07, 6.45) is 0. The molecule has 3 rings (SSSR count). The number of halogens is 1. The molecule has 2 aromatic rings. The predicted octanol–water partition coefficient (Wildman–Crippen LogP) is 4.97. The highest BCUT2D eigenvalue weighted by molar-refractivity contribution is 8.01. The molecule has 1 saturated heterocycles. The van der Waals surface area contributed by atoms with Gasteiger partial charge in [-0.3, -0.25) is 4.79 Å². The number of carbonyl (C=O) groups is 1. The molecule has 1 amide bonds. The monoisotopic (exact) mass is 452 g/mol. The van der Waals surface area contributed by atoms with Crippen molar-refractivity contribution in [1.29, 1.82) is 0 Å². The van der Waals surface area contributed by atoms with E-state index in [-0.39, 0.29) is 11.3 Å². The van der Waals surface area contributed by atoms with Crippen LogP contribution in [0, 0.1) is 0 Å². The third-order valence-corrected chi connectivity index (χ3v) is 7.30. The van der Waals surface area contributed by atoms with Gasteiger partial charge in [-0.15, -0.1) is 11.3 Å².